The third-order valence-electron chi connectivity index (χ3n) is 4.47. The Morgan fingerprint density at radius 3 is 1.96 bits per heavy atom. The van der Waals surface area contributed by atoms with Gasteiger partial charge >= 0.3 is 6.18 Å². The van der Waals surface area contributed by atoms with Crippen LogP contribution in [0.5, 0.6) is 0 Å². The summed E-state index contributed by atoms with van der Waals surface area (Å²) in [5.41, 5.74) is 0.142. The first-order valence-corrected chi connectivity index (χ1v) is 7.66. The largest absolute Gasteiger partial charge is 0.450 e. The van der Waals surface area contributed by atoms with Gasteiger partial charge in [0.05, 0.1) is 6.42 Å². The molecule has 0 fully saturated rings. The quantitative estimate of drug-likeness (QED) is 0.288. The molecule has 0 atom stereocenters. The maximum absolute atomic E-state index is 12.5. The van der Waals surface area contributed by atoms with Gasteiger partial charge in [0, 0.05) is 5.56 Å². The van der Waals surface area contributed by atoms with Gasteiger partial charge in [0.2, 0.25) is 5.78 Å². The number of Topliss-reactive ketones (excluding diaryl/α,β-unsaturated/α-hetero) is 2. The van der Waals surface area contributed by atoms with E-state index < -0.39 is 24.2 Å². The summed E-state index contributed by atoms with van der Waals surface area (Å²) in [6.45, 7) is 0. The van der Waals surface area contributed by atoms with Crippen LogP contribution in [-0.2, 0) is 4.79 Å². The zero-order valence-electron chi connectivity index (χ0n) is 12.9. The molecule has 25 heavy (non-hydrogen) atoms. The van der Waals surface area contributed by atoms with Crippen molar-refractivity contribution in [1.29, 1.82) is 0 Å². The summed E-state index contributed by atoms with van der Waals surface area (Å²) in [4.78, 5) is 23.5. The van der Waals surface area contributed by atoms with E-state index in [9.17, 15) is 22.8 Å². The second-order valence-corrected chi connectivity index (χ2v) is 5.99. The van der Waals surface area contributed by atoms with Crippen LogP contribution in [0, 0.1) is 0 Å². The van der Waals surface area contributed by atoms with E-state index in [1.165, 1.54) is 6.07 Å². The lowest BCUT2D eigenvalue weighted by Gasteiger charge is -2.13. The molecule has 124 valence electrons. The van der Waals surface area contributed by atoms with Crippen molar-refractivity contribution in [1.82, 2.24) is 0 Å². The van der Waals surface area contributed by atoms with Crippen LogP contribution in [0.1, 0.15) is 16.8 Å². The van der Waals surface area contributed by atoms with E-state index in [1.54, 1.807) is 12.1 Å². The summed E-state index contributed by atoms with van der Waals surface area (Å²) in [6.07, 6.45) is -6.17. The predicted octanol–water partition coefficient (Wildman–Crippen LogP) is 5.29. The van der Waals surface area contributed by atoms with Gasteiger partial charge in [-0.25, -0.2) is 0 Å². The van der Waals surface area contributed by atoms with E-state index in [1.807, 2.05) is 36.4 Å². The maximum atomic E-state index is 12.5. The minimum absolute atomic E-state index is 0.142. The normalized spacial score (nSPS) is 12.3. The van der Waals surface area contributed by atoms with E-state index in [4.69, 9.17) is 0 Å². The molecular weight excluding hydrogens is 329 g/mol. The molecule has 0 bridgehead atoms. The number of benzene rings is 4. The molecule has 0 saturated carbocycles. The lowest BCUT2D eigenvalue weighted by molar-refractivity contribution is -0.170. The fourth-order valence-corrected chi connectivity index (χ4v) is 3.32. The van der Waals surface area contributed by atoms with Crippen LogP contribution in [0.2, 0.25) is 0 Å². The molecule has 0 spiro atoms. The standard InChI is InChI=1S/C20H11F3O2/c21-20(22,23)17(25)10-16(24)14-8-6-13-5-4-11-2-1-3-12-7-9-15(14)19(13)18(11)12/h1-9H,10H2. The molecule has 4 aromatic carbocycles. The number of halogens is 3. The zero-order chi connectivity index (χ0) is 17.8. The SMILES string of the molecule is O=C(CC(=O)C(F)(F)F)c1ccc2ccc3cccc4ccc1c2c34. The van der Waals surface area contributed by atoms with Crippen molar-refractivity contribution in [2.75, 3.05) is 0 Å². The Labute approximate surface area is 140 Å². The van der Waals surface area contributed by atoms with Gasteiger partial charge in [-0.3, -0.25) is 9.59 Å². The number of carbonyl (C=O) groups excluding carboxylic acids is 2. The highest BCUT2D eigenvalue weighted by Crippen LogP contribution is 2.36. The van der Waals surface area contributed by atoms with E-state index >= 15 is 0 Å². The first kappa shape index (κ1) is 15.6. The lowest BCUT2D eigenvalue weighted by Crippen LogP contribution is -2.25. The van der Waals surface area contributed by atoms with Crippen LogP contribution < -0.4 is 0 Å². The van der Waals surface area contributed by atoms with Crippen molar-refractivity contribution in [2.45, 2.75) is 12.6 Å². The Balaban J connectivity index is 1.93. The summed E-state index contributed by atoms with van der Waals surface area (Å²) in [7, 11) is 0. The molecule has 0 aliphatic heterocycles. The second-order valence-electron chi connectivity index (χ2n) is 5.99. The Morgan fingerprint density at radius 2 is 1.32 bits per heavy atom. The Hall–Kier alpha value is -2.95. The van der Waals surface area contributed by atoms with Crippen molar-refractivity contribution >= 4 is 43.9 Å². The molecule has 4 aromatic rings. The third kappa shape index (κ3) is 2.43. The van der Waals surface area contributed by atoms with Gasteiger partial charge in [0.1, 0.15) is 0 Å². The highest BCUT2D eigenvalue weighted by molar-refractivity contribution is 6.27. The van der Waals surface area contributed by atoms with Gasteiger partial charge in [0.15, 0.2) is 5.78 Å². The molecule has 0 radical (unpaired) electrons. The minimum atomic E-state index is -5.00. The van der Waals surface area contributed by atoms with Crippen molar-refractivity contribution in [3.8, 4) is 0 Å². The Morgan fingerprint density at radius 1 is 0.760 bits per heavy atom. The number of hydrogen-bond acceptors (Lipinski definition) is 2. The highest BCUT2D eigenvalue weighted by atomic mass is 19.4. The Bertz CT molecular complexity index is 1130. The van der Waals surface area contributed by atoms with E-state index in [0.717, 1.165) is 26.9 Å². The number of rotatable bonds is 3. The van der Waals surface area contributed by atoms with Crippen LogP contribution in [0.15, 0.2) is 54.6 Å². The number of ketones is 2. The fourth-order valence-electron chi connectivity index (χ4n) is 3.32. The molecule has 0 N–H and O–H groups in total. The average molecular weight is 340 g/mol. The van der Waals surface area contributed by atoms with Crippen molar-refractivity contribution in [2.24, 2.45) is 0 Å². The molecule has 0 heterocycles. The summed E-state index contributed by atoms with van der Waals surface area (Å²) in [6, 6.07) is 16.5. The number of carbonyl (C=O) groups is 2. The topological polar surface area (TPSA) is 34.1 Å². The van der Waals surface area contributed by atoms with Gasteiger partial charge in [-0.15, -0.1) is 0 Å². The van der Waals surface area contributed by atoms with Gasteiger partial charge < -0.3 is 0 Å². The molecule has 5 heteroatoms. The average Bonchev–Trinajstić information content (AvgIpc) is 2.58. The second kappa shape index (κ2) is 5.28. The van der Waals surface area contributed by atoms with Crippen LogP contribution in [0.25, 0.3) is 32.3 Å². The molecular formula is C20H11F3O2. The van der Waals surface area contributed by atoms with Gasteiger partial charge in [-0.2, -0.15) is 13.2 Å². The van der Waals surface area contributed by atoms with E-state index in [2.05, 4.69) is 0 Å². The van der Waals surface area contributed by atoms with Crippen LogP contribution in [0.3, 0.4) is 0 Å². The first-order chi connectivity index (χ1) is 11.9. The summed E-state index contributed by atoms with van der Waals surface area (Å²) in [5.74, 6) is -2.84. The maximum Gasteiger partial charge on any atom is 0.450 e. The van der Waals surface area contributed by atoms with Crippen molar-refractivity contribution in [3.63, 3.8) is 0 Å². The van der Waals surface area contributed by atoms with E-state index in [0.29, 0.717) is 5.39 Å². The molecule has 0 saturated heterocycles. The monoisotopic (exact) mass is 340 g/mol. The number of hydrogen-bond donors (Lipinski definition) is 0. The van der Waals surface area contributed by atoms with E-state index in [-0.39, 0.29) is 5.56 Å². The molecule has 0 aliphatic carbocycles. The molecule has 0 aliphatic rings. The number of alkyl halides is 3. The molecule has 0 amide bonds. The molecule has 0 unspecified atom stereocenters. The van der Waals surface area contributed by atoms with Crippen LogP contribution in [0.4, 0.5) is 13.2 Å². The smallest absolute Gasteiger partial charge is 0.294 e. The highest BCUT2D eigenvalue weighted by Gasteiger charge is 2.39. The van der Waals surface area contributed by atoms with Crippen molar-refractivity contribution in [3.05, 3.63) is 60.2 Å². The lowest BCUT2D eigenvalue weighted by atomic mass is 9.90. The summed E-state index contributed by atoms with van der Waals surface area (Å²) in [5, 5.41) is 5.26. The predicted molar refractivity (Wildman–Crippen MR) is 90.2 cm³/mol. The zero-order valence-corrected chi connectivity index (χ0v) is 12.9. The van der Waals surface area contributed by atoms with Gasteiger partial charge in [0.25, 0.3) is 0 Å². The minimum Gasteiger partial charge on any atom is -0.294 e. The van der Waals surface area contributed by atoms with Gasteiger partial charge in [-0.05, 0) is 32.3 Å². The fraction of sp³-hybridized carbons (Fsp3) is 0.100. The van der Waals surface area contributed by atoms with Crippen LogP contribution in [-0.4, -0.2) is 17.7 Å². The van der Waals surface area contributed by atoms with Crippen LogP contribution >= 0.6 is 0 Å². The third-order valence-corrected chi connectivity index (χ3v) is 4.47. The Kier molecular flexibility index (Phi) is 3.29. The first-order valence-electron chi connectivity index (χ1n) is 7.66. The summed E-state index contributed by atoms with van der Waals surface area (Å²) < 4.78 is 37.4. The summed E-state index contributed by atoms with van der Waals surface area (Å²) >= 11 is 0. The molecule has 2 nitrogen and oxygen atoms in total. The van der Waals surface area contributed by atoms with Crippen molar-refractivity contribution < 1.29 is 22.8 Å². The van der Waals surface area contributed by atoms with Gasteiger partial charge in [-0.1, -0.05) is 54.6 Å². The molecule has 4 rings (SSSR count). The molecule has 0 aromatic heterocycles.